The van der Waals surface area contributed by atoms with E-state index in [4.69, 9.17) is 21.4 Å². The van der Waals surface area contributed by atoms with Crippen LogP contribution in [0.1, 0.15) is 24.8 Å². The van der Waals surface area contributed by atoms with Crippen LogP contribution in [0.4, 0.5) is 0 Å². The zero-order valence-corrected chi connectivity index (χ0v) is 9.78. The van der Waals surface area contributed by atoms with E-state index in [0.29, 0.717) is 10.6 Å². The molecule has 1 rings (SSSR count). The van der Waals surface area contributed by atoms with Gasteiger partial charge in [-0.1, -0.05) is 18.5 Å². The van der Waals surface area contributed by atoms with Gasteiger partial charge in [-0.15, -0.1) is 0 Å². The maximum Gasteiger partial charge on any atom is 0.303 e. The van der Waals surface area contributed by atoms with Crippen LogP contribution in [0, 0.1) is 0 Å². The molecule has 0 radical (unpaired) electrons. The van der Waals surface area contributed by atoms with Crippen molar-refractivity contribution in [2.75, 3.05) is 7.11 Å². The predicted molar refractivity (Wildman–Crippen MR) is 60.3 cm³/mol. The van der Waals surface area contributed by atoms with E-state index >= 15 is 0 Å². The number of benzene rings is 1. The van der Waals surface area contributed by atoms with Crippen molar-refractivity contribution in [3.63, 3.8) is 0 Å². The van der Waals surface area contributed by atoms with Crippen LogP contribution in [0.3, 0.4) is 0 Å². The first-order valence-corrected chi connectivity index (χ1v) is 5.11. The molecule has 1 aromatic rings. The van der Waals surface area contributed by atoms with Gasteiger partial charge in [-0.3, -0.25) is 4.79 Å². The number of aliphatic carboxylic acids is 1. The van der Waals surface area contributed by atoms with E-state index in [1.54, 1.807) is 13.0 Å². The number of phenols is 1. The first-order valence-electron chi connectivity index (χ1n) is 4.74. The van der Waals surface area contributed by atoms with Crippen molar-refractivity contribution >= 4 is 17.6 Å². The van der Waals surface area contributed by atoms with Gasteiger partial charge in [0, 0.05) is 11.1 Å². The highest BCUT2D eigenvalue weighted by atomic mass is 35.5. The minimum absolute atomic E-state index is 0.0202. The van der Waals surface area contributed by atoms with E-state index in [1.165, 1.54) is 13.2 Å². The number of ether oxygens (including phenoxy) is 1. The number of hydrogen-bond acceptors (Lipinski definition) is 3. The Balaban J connectivity index is 3.08. The Labute approximate surface area is 98.4 Å². The summed E-state index contributed by atoms with van der Waals surface area (Å²) < 4.78 is 4.94. The quantitative estimate of drug-likeness (QED) is 0.855. The van der Waals surface area contributed by atoms with Gasteiger partial charge in [-0.05, 0) is 17.5 Å². The summed E-state index contributed by atoms with van der Waals surface area (Å²) >= 11 is 5.93. The second-order valence-electron chi connectivity index (χ2n) is 3.54. The molecule has 0 aliphatic heterocycles. The van der Waals surface area contributed by atoms with Crippen LogP contribution < -0.4 is 4.74 Å². The zero-order valence-electron chi connectivity index (χ0n) is 9.03. The van der Waals surface area contributed by atoms with Gasteiger partial charge in [0.25, 0.3) is 0 Å². The molecular formula is C11H13ClO4. The molecule has 0 aliphatic carbocycles. The molecule has 0 aromatic heterocycles. The summed E-state index contributed by atoms with van der Waals surface area (Å²) in [4.78, 5) is 10.6. The van der Waals surface area contributed by atoms with E-state index in [2.05, 4.69) is 0 Å². The number of carboxylic acid groups (broad SMARTS) is 1. The number of phenolic OH excluding ortho intramolecular Hbond substituents is 1. The van der Waals surface area contributed by atoms with Gasteiger partial charge in [0.15, 0.2) is 11.5 Å². The van der Waals surface area contributed by atoms with Crippen molar-refractivity contribution in [3.05, 3.63) is 22.7 Å². The summed E-state index contributed by atoms with van der Waals surface area (Å²) in [6.07, 6.45) is -0.0202. The number of halogens is 1. The molecule has 1 atom stereocenters. The summed E-state index contributed by atoms with van der Waals surface area (Å²) in [6, 6.07) is 2.92. The average molecular weight is 245 g/mol. The lowest BCUT2D eigenvalue weighted by atomic mass is 9.97. The Hall–Kier alpha value is -1.42. The molecule has 5 heteroatoms. The monoisotopic (exact) mass is 244 g/mol. The molecule has 0 saturated carbocycles. The minimum Gasteiger partial charge on any atom is -0.504 e. The van der Waals surface area contributed by atoms with E-state index < -0.39 is 5.97 Å². The van der Waals surface area contributed by atoms with Crippen molar-refractivity contribution in [1.29, 1.82) is 0 Å². The molecule has 0 fully saturated rings. The van der Waals surface area contributed by atoms with Crippen LogP contribution in [-0.4, -0.2) is 23.3 Å². The maximum atomic E-state index is 10.6. The molecule has 0 amide bonds. The molecule has 0 heterocycles. The number of carbonyl (C=O) groups is 1. The highest BCUT2D eigenvalue weighted by Crippen LogP contribution is 2.36. The number of aromatic hydroxyl groups is 1. The molecule has 0 aliphatic rings. The lowest BCUT2D eigenvalue weighted by Crippen LogP contribution is -2.03. The lowest BCUT2D eigenvalue weighted by molar-refractivity contribution is -0.137. The van der Waals surface area contributed by atoms with Gasteiger partial charge in [0.05, 0.1) is 13.5 Å². The van der Waals surface area contributed by atoms with Gasteiger partial charge in [-0.2, -0.15) is 0 Å². The summed E-state index contributed by atoms with van der Waals surface area (Å²) in [5.41, 5.74) is 0.652. The second kappa shape index (κ2) is 5.07. The molecule has 1 unspecified atom stereocenters. The summed E-state index contributed by atoms with van der Waals surface area (Å²) in [5.74, 6) is -0.898. The van der Waals surface area contributed by atoms with Gasteiger partial charge < -0.3 is 14.9 Å². The van der Waals surface area contributed by atoms with Crippen LogP contribution in [0.5, 0.6) is 11.5 Å². The molecule has 4 nitrogen and oxygen atoms in total. The smallest absolute Gasteiger partial charge is 0.303 e. The van der Waals surface area contributed by atoms with Crippen LogP contribution in [0.2, 0.25) is 5.02 Å². The largest absolute Gasteiger partial charge is 0.504 e. The maximum absolute atomic E-state index is 10.6. The summed E-state index contributed by atoms with van der Waals surface area (Å²) in [5, 5.41) is 18.5. The topological polar surface area (TPSA) is 66.8 Å². The third-order valence-corrected chi connectivity index (χ3v) is 2.64. The Bertz CT molecular complexity index is 403. The van der Waals surface area contributed by atoms with Crippen LogP contribution in [0.25, 0.3) is 0 Å². The Morgan fingerprint density at radius 2 is 2.19 bits per heavy atom. The SMILES string of the molecule is COc1cc(C(C)CC(=O)O)c(Cl)cc1O. The first kappa shape index (κ1) is 12.6. The minimum atomic E-state index is -0.893. The third kappa shape index (κ3) is 2.79. The van der Waals surface area contributed by atoms with Crippen LogP contribution >= 0.6 is 11.6 Å². The zero-order chi connectivity index (χ0) is 12.3. The normalized spacial score (nSPS) is 12.2. The lowest BCUT2D eigenvalue weighted by Gasteiger charge is -2.13. The fourth-order valence-electron chi connectivity index (χ4n) is 1.47. The van der Waals surface area contributed by atoms with E-state index in [0.717, 1.165) is 0 Å². The van der Waals surface area contributed by atoms with Crippen LogP contribution in [0.15, 0.2) is 12.1 Å². The molecule has 0 spiro atoms. The molecule has 0 bridgehead atoms. The van der Waals surface area contributed by atoms with Crippen molar-refractivity contribution in [1.82, 2.24) is 0 Å². The highest BCUT2D eigenvalue weighted by Gasteiger charge is 2.16. The van der Waals surface area contributed by atoms with Crippen molar-refractivity contribution in [2.45, 2.75) is 19.3 Å². The number of hydrogen-bond donors (Lipinski definition) is 2. The average Bonchev–Trinajstić information content (AvgIpc) is 2.16. The predicted octanol–water partition coefficient (Wildman–Crippen LogP) is 2.63. The number of carboxylic acids is 1. The van der Waals surface area contributed by atoms with E-state index in [-0.39, 0.29) is 23.8 Å². The first-order chi connectivity index (χ1) is 7.45. The molecule has 1 aromatic carbocycles. The Morgan fingerprint density at radius 1 is 1.56 bits per heavy atom. The standard InChI is InChI=1S/C11H13ClO4/c1-6(3-11(14)15)7-4-10(16-2)9(13)5-8(7)12/h4-6,13H,3H2,1-2H3,(H,14,15). The van der Waals surface area contributed by atoms with Crippen LogP contribution in [-0.2, 0) is 4.79 Å². The molecule has 2 N–H and O–H groups in total. The van der Waals surface area contributed by atoms with Crippen molar-refractivity contribution < 1.29 is 19.7 Å². The van der Waals surface area contributed by atoms with Gasteiger partial charge in [0.2, 0.25) is 0 Å². The van der Waals surface area contributed by atoms with Gasteiger partial charge in [-0.25, -0.2) is 0 Å². The summed E-state index contributed by atoms with van der Waals surface area (Å²) in [7, 11) is 1.43. The Kier molecular flexibility index (Phi) is 4.01. The molecular weight excluding hydrogens is 232 g/mol. The van der Waals surface area contributed by atoms with Gasteiger partial charge in [0.1, 0.15) is 0 Å². The van der Waals surface area contributed by atoms with Gasteiger partial charge >= 0.3 is 5.97 Å². The molecule has 88 valence electrons. The molecule has 0 saturated heterocycles. The number of methoxy groups -OCH3 is 1. The Morgan fingerprint density at radius 3 is 2.69 bits per heavy atom. The fourth-order valence-corrected chi connectivity index (χ4v) is 1.82. The molecule has 16 heavy (non-hydrogen) atoms. The summed E-state index contributed by atoms with van der Waals surface area (Å²) in [6.45, 7) is 1.76. The van der Waals surface area contributed by atoms with E-state index in [9.17, 15) is 9.90 Å². The van der Waals surface area contributed by atoms with E-state index in [1.807, 2.05) is 0 Å². The number of rotatable bonds is 4. The second-order valence-corrected chi connectivity index (χ2v) is 3.95. The third-order valence-electron chi connectivity index (χ3n) is 2.31. The van der Waals surface area contributed by atoms with Crippen molar-refractivity contribution in [3.8, 4) is 11.5 Å². The van der Waals surface area contributed by atoms with Crippen molar-refractivity contribution in [2.24, 2.45) is 0 Å². The highest BCUT2D eigenvalue weighted by molar-refractivity contribution is 6.31. The fraction of sp³-hybridized carbons (Fsp3) is 0.364.